The Kier molecular flexibility index (Phi) is 5.54. The highest BCUT2D eigenvalue weighted by Gasteiger charge is 2.18. The lowest BCUT2D eigenvalue weighted by molar-refractivity contribution is -0.137. The van der Waals surface area contributed by atoms with E-state index in [1.165, 1.54) is 4.90 Å². The molecule has 1 aromatic heterocycles. The Balaban J connectivity index is 2.15. The third kappa shape index (κ3) is 4.19. The number of carboxylic acid groups (broad SMARTS) is 1. The summed E-state index contributed by atoms with van der Waals surface area (Å²) in [4.78, 5) is 24.5. The highest BCUT2D eigenvalue weighted by atomic mass is 79.9. The van der Waals surface area contributed by atoms with Crippen molar-refractivity contribution in [2.24, 2.45) is 0 Å². The maximum absolute atomic E-state index is 12.5. The number of nitrogens with zero attached hydrogens (tertiary/aromatic N) is 3. The van der Waals surface area contributed by atoms with Gasteiger partial charge in [-0.05, 0) is 31.5 Å². The van der Waals surface area contributed by atoms with Gasteiger partial charge in [0.25, 0.3) is 5.91 Å². The van der Waals surface area contributed by atoms with E-state index in [1.54, 1.807) is 17.9 Å². The second kappa shape index (κ2) is 7.41. The van der Waals surface area contributed by atoms with Gasteiger partial charge >= 0.3 is 5.97 Å². The molecule has 1 heterocycles. The molecule has 2 aromatic rings. The number of aliphatic carboxylic acids is 1. The second-order valence-electron chi connectivity index (χ2n) is 5.26. The van der Waals surface area contributed by atoms with Gasteiger partial charge in [-0.1, -0.05) is 22.0 Å². The van der Waals surface area contributed by atoms with Crippen molar-refractivity contribution in [1.82, 2.24) is 14.7 Å². The fourth-order valence-corrected chi connectivity index (χ4v) is 2.65. The minimum Gasteiger partial charge on any atom is -0.481 e. The monoisotopic (exact) mass is 379 g/mol. The van der Waals surface area contributed by atoms with Crippen LogP contribution >= 0.6 is 15.9 Å². The zero-order chi connectivity index (χ0) is 17.0. The maximum atomic E-state index is 12.5. The summed E-state index contributed by atoms with van der Waals surface area (Å²) in [6.07, 6.45) is 2.02. The van der Waals surface area contributed by atoms with Crippen molar-refractivity contribution >= 4 is 27.8 Å². The Morgan fingerprint density at radius 1 is 1.39 bits per heavy atom. The van der Waals surface area contributed by atoms with E-state index in [1.807, 2.05) is 31.2 Å². The Morgan fingerprint density at radius 3 is 2.78 bits per heavy atom. The van der Waals surface area contributed by atoms with Crippen LogP contribution in [-0.2, 0) is 4.79 Å². The lowest BCUT2D eigenvalue weighted by Crippen LogP contribution is -2.28. The second-order valence-corrected chi connectivity index (χ2v) is 6.18. The predicted molar refractivity (Wildman–Crippen MR) is 89.8 cm³/mol. The topological polar surface area (TPSA) is 75.4 Å². The third-order valence-corrected chi connectivity index (χ3v) is 4.02. The highest BCUT2D eigenvalue weighted by molar-refractivity contribution is 9.10. The number of hydrogen-bond acceptors (Lipinski definition) is 3. The van der Waals surface area contributed by atoms with Crippen LogP contribution in [-0.4, -0.2) is 45.3 Å². The summed E-state index contributed by atoms with van der Waals surface area (Å²) in [6.45, 7) is 2.23. The molecule has 122 valence electrons. The van der Waals surface area contributed by atoms with Gasteiger partial charge in [-0.2, -0.15) is 5.10 Å². The van der Waals surface area contributed by atoms with Crippen LogP contribution < -0.4 is 0 Å². The van der Waals surface area contributed by atoms with E-state index in [4.69, 9.17) is 5.11 Å². The predicted octanol–water partition coefficient (Wildman–Crippen LogP) is 2.88. The fourth-order valence-electron chi connectivity index (χ4n) is 2.26. The molecule has 7 heteroatoms. The number of hydrogen-bond donors (Lipinski definition) is 1. The number of carbonyl (C=O) groups is 2. The molecule has 0 aliphatic carbocycles. The van der Waals surface area contributed by atoms with Crippen molar-refractivity contribution in [2.75, 3.05) is 13.6 Å². The molecule has 0 aliphatic rings. The maximum Gasteiger partial charge on any atom is 0.303 e. The van der Waals surface area contributed by atoms with Crippen LogP contribution in [0.3, 0.4) is 0 Å². The summed E-state index contributed by atoms with van der Waals surface area (Å²) in [7, 11) is 1.67. The summed E-state index contributed by atoms with van der Waals surface area (Å²) >= 11 is 3.42. The average Bonchev–Trinajstić information content (AvgIpc) is 2.87. The largest absolute Gasteiger partial charge is 0.481 e. The molecule has 1 aromatic carbocycles. The number of halogens is 1. The summed E-state index contributed by atoms with van der Waals surface area (Å²) in [5.41, 5.74) is 2.13. The number of benzene rings is 1. The van der Waals surface area contributed by atoms with Crippen LogP contribution in [0, 0.1) is 6.92 Å². The van der Waals surface area contributed by atoms with Gasteiger partial charge in [0.05, 0.1) is 23.1 Å². The van der Waals surface area contributed by atoms with E-state index in [0.717, 1.165) is 15.9 Å². The Bertz CT molecular complexity index is 727. The van der Waals surface area contributed by atoms with Gasteiger partial charge in [-0.15, -0.1) is 0 Å². The van der Waals surface area contributed by atoms with Gasteiger partial charge in [0.1, 0.15) is 0 Å². The molecule has 23 heavy (non-hydrogen) atoms. The molecular formula is C16H18BrN3O3. The molecule has 0 bridgehead atoms. The quantitative estimate of drug-likeness (QED) is 0.836. The molecular weight excluding hydrogens is 362 g/mol. The minimum atomic E-state index is -0.857. The van der Waals surface area contributed by atoms with Crippen LogP contribution in [0.1, 0.15) is 28.9 Å². The molecule has 0 radical (unpaired) electrons. The van der Waals surface area contributed by atoms with Gasteiger partial charge in [0.15, 0.2) is 0 Å². The summed E-state index contributed by atoms with van der Waals surface area (Å²) < 4.78 is 2.65. The molecule has 1 amide bonds. The molecule has 6 nitrogen and oxygen atoms in total. The Hall–Kier alpha value is -2.15. The molecule has 0 fully saturated rings. The van der Waals surface area contributed by atoms with Gasteiger partial charge < -0.3 is 10.0 Å². The highest BCUT2D eigenvalue weighted by Crippen LogP contribution is 2.19. The first-order valence-electron chi connectivity index (χ1n) is 7.18. The van der Waals surface area contributed by atoms with Crippen LogP contribution in [0.25, 0.3) is 5.69 Å². The lowest BCUT2D eigenvalue weighted by atomic mass is 10.2. The first kappa shape index (κ1) is 17.2. The van der Waals surface area contributed by atoms with Gasteiger partial charge in [-0.25, -0.2) is 4.68 Å². The first-order valence-corrected chi connectivity index (χ1v) is 7.97. The van der Waals surface area contributed by atoms with Gasteiger partial charge in [-0.3, -0.25) is 9.59 Å². The Labute approximate surface area is 142 Å². The van der Waals surface area contributed by atoms with Gasteiger partial charge in [0, 0.05) is 24.5 Å². The van der Waals surface area contributed by atoms with E-state index in [0.29, 0.717) is 18.5 Å². The zero-order valence-corrected chi connectivity index (χ0v) is 14.6. The van der Waals surface area contributed by atoms with Crippen molar-refractivity contribution in [3.63, 3.8) is 0 Å². The number of amides is 1. The number of rotatable bonds is 6. The van der Waals surface area contributed by atoms with Crippen molar-refractivity contribution in [3.05, 3.63) is 46.2 Å². The van der Waals surface area contributed by atoms with E-state index < -0.39 is 5.97 Å². The number of carbonyl (C=O) groups excluding carboxylic acids is 1. The third-order valence-electron chi connectivity index (χ3n) is 3.52. The van der Waals surface area contributed by atoms with Crippen LogP contribution in [0.5, 0.6) is 0 Å². The molecule has 0 saturated carbocycles. The van der Waals surface area contributed by atoms with Crippen LogP contribution in [0.15, 0.2) is 34.9 Å². The van der Waals surface area contributed by atoms with Crippen LogP contribution in [0.2, 0.25) is 0 Å². The molecule has 0 saturated heterocycles. The minimum absolute atomic E-state index is 0.0495. The Morgan fingerprint density at radius 2 is 2.13 bits per heavy atom. The molecule has 2 rings (SSSR count). The van der Waals surface area contributed by atoms with E-state index in [9.17, 15) is 9.59 Å². The smallest absolute Gasteiger partial charge is 0.303 e. The SMILES string of the molecule is Cc1c(C(=O)N(C)CCCC(=O)O)cnn1-c1cccc(Br)c1. The first-order chi connectivity index (χ1) is 10.9. The van der Waals surface area contributed by atoms with Crippen molar-refractivity contribution in [1.29, 1.82) is 0 Å². The fraction of sp³-hybridized carbons (Fsp3) is 0.312. The molecule has 0 aliphatic heterocycles. The van der Waals surface area contributed by atoms with Crippen molar-refractivity contribution < 1.29 is 14.7 Å². The molecule has 1 N–H and O–H groups in total. The number of carboxylic acids is 1. The molecule has 0 atom stereocenters. The van der Waals surface area contributed by atoms with Crippen molar-refractivity contribution in [3.8, 4) is 5.69 Å². The standard InChI is InChI=1S/C16H18BrN3O3/c1-11-14(16(23)19(2)8-4-7-15(21)22)10-18-20(11)13-6-3-5-12(17)9-13/h3,5-6,9-10H,4,7-8H2,1-2H3,(H,21,22). The van der Waals surface area contributed by atoms with Crippen LogP contribution in [0.4, 0.5) is 0 Å². The summed E-state index contributed by atoms with van der Waals surface area (Å²) in [5.74, 6) is -1.02. The molecule has 0 spiro atoms. The van der Waals surface area contributed by atoms with E-state index in [2.05, 4.69) is 21.0 Å². The average molecular weight is 380 g/mol. The van der Waals surface area contributed by atoms with E-state index >= 15 is 0 Å². The normalized spacial score (nSPS) is 10.6. The lowest BCUT2D eigenvalue weighted by Gasteiger charge is -2.16. The summed E-state index contributed by atoms with van der Waals surface area (Å²) in [5, 5.41) is 13.0. The van der Waals surface area contributed by atoms with E-state index in [-0.39, 0.29) is 12.3 Å². The molecule has 0 unspecified atom stereocenters. The van der Waals surface area contributed by atoms with Crippen molar-refractivity contribution in [2.45, 2.75) is 19.8 Å². The summed E-state index contributed by atoms with van der Waals surface area (Å²) in [6, 6.07) is 7.66. The zero-order valence-electron chi connectivity index (χ0n) is 13.0. The number of aromatic nitrogens is 2. The van der Waals surface area contributed by atoms with Gasteiger partial charge in [0.2, 0.25) is 0 Å².